The Bertz CT molecular complexity index is 352. The van der Waals surface area contributed by atoms with Gasteiger partial charge in [0.1, 0.15) is 5.60 Å². The van der Waals surface area contributed by atoms with Gasteiger partial charge in [-0.1, -0.05) is 30.3 Å². The third-order valence-corrected chi connectivity index (χ3v) is 2.90. The fraction of sp³-hybridized carbons (Fsp3) is 0.385. The minimum Gasteiger partial charge on any atom is -0.501 e. The SMILES string of the molecule is CC(O)(C1=COCCC1)c1ccccc1. The summed E-state index contributed by atoms with van der Waals surface area (Å²) in [6.07, 6.45) is 3.59. The zero-order valence-corrected chi connectivity index (χ0v) is 8.94. The Balaban J connectivity index is 2.30. The van der Waals surface area contributed by atoms with E-state index in [1.807, 2.05) is 37.3 Å². The van der Waals surface area contributed by atoms with E-state index in [9.17, 15) is 5.11 Å². The topological polar surface area (TPSA) is 29.5 Å². The van der Waals surface area contributed by atoms with E-state index in [1.165, 1.54) is 0 Å². The molecule has 1 aliphatic rings. The highest BCUT2D eigenvalue weighted by Crippen LogP contribution is 2.33. The van der Waals surface area contributed by atoms with Gasteiger partial charge in [-0.3, -0.25) is 0 Å². The van der Waals surface area contributed by atoms with Crippen LogP contribution in [0.25, 0.3) is 0 Å². The van der Waals surface area contributed by atoms with Crippen LogP contribution < -0.4 is 0 Å². The van der Waals surface area contributed by atoms with E-state index in [1.54, 1.807) is 6.26 Å². The van der Waals surface area contributed by atoms with Crippen molar-refractivity contribution >= 4 is 0 Å². The molecule has 1 aliphatic heterocycles. The molecule has 0 aromatic heterocycles. The van der Waals surface area contributed by atoms with E-state index in [2.05, 4.69) is 0 Å². The number of rotatable bonds is 2. The first-order chi connectivity index (χ1) is 7.21. The Morgan fingerprint density at radius 3 is 2.60 bits per heavy atom. The summed E-state index contributed by atoms with van der Waals surface area (Å²) in [6, 6.07) is 9.71. The van der Waals surface area contributed by atoms with Gasteiger partial charge in [-0.05, 0) is 30.9 Å². The second kappa shape index (κ2) is 4.07. The van der Waals surface area contributed by atoms with Crippen LogP contribution in [0.2, 0.25) is 0 Å². The van der Waals surface area contributed by atoms with Crippen molar-refractivity contribution in [2.75, 3.05) is 6.61 Å². The highest BCUT2D eigenvalue weighted by Gasteiger charge is 2.29. The van der Waals surface area contributed by atoms with Gasteiger partial charge in [0.25, 0.3) is 0 Å². The molecule has 80 valence electrons. The fourth-order valence-electron chi connectivity index (χ4n) is 1.87. The maximum Gasteiger partial charge on any atom is 0.111 e. The fourth-order valence-corrected chi connectivity index (χ4v) is 1.87. The molecule has 0 spiro atoms. The lowest BCUT2D eigenvalue weighted by atomic mass is 9.86. The van der Waals surface area contributed by atoms with Crippen LogP contribution in [0.4, 0.5) is 0 Å². The van der Waals surface area contributed by atoms with Crippen molar-refractivity contribution in [3.63, 3.8) is 0 Å². The van der Waals surface area contributed by atoms with Crippen molar-refractivity contribution in [3.8, 4) is 0 Å². The second-order valence-corrected chi connectivity index (χ2v) is 4.06. The molecular weight excluding hydrogens is 188 g/mol. The van der Waals surface area contributed by atoms with Gasteiger partial charge in [-0.15, -0.1) is 0 Å². The summed E-state index contributed by atoms with van der Waals surface area (Å²) in [7, 11) is 0. The molecule has 0 fully saturated rings. The Morgan fingerprint density at radius 1 is 1.27 bits per heavy atom. The maximum absolute atomic E-state index is 10.5. The first kappa shape index (κ1) is 10.2. The smallest absolute Gasteiger partial charge is 0.111 e. The van der Waals surface area contributed by atoms with Crippen LogP contribution in [0.1, 0.15) is 25.3 Å². The average molecular weight is 204 g/mol. The first-order valence-corrected chi connectivity index (χ1v) is 5.30. The third kappa shape index (κ3) is 2.05. The number of benzene rings is 1. The molecule has 1 unspecified atom stereocenters. The van der Waals surface area contributed by atoms with Gasteiger partial charge in [-0.25, -0.2) is 0 Å². The van der Waals surface area contributed by atoms with Crippen LogP contribution in [0.5, 0.6) is 0 Å². The number of hydrogen-bond acceptors (Lipinski definition) is 2. The summed E-state index contributed by atoms with van der Waals surface area (Å²) >= 11 is 0. The van der Waals surface area contributed by atoms with E-state index < -0.39 is 5.60 Å². The molecule has 15 heavy (non-hydrogen) atoms. The largest absolute Gasteiger partial charge is 0.501 e. The standard InChI is InChI=1S/C13H16O2/c1-13(14,11-6-3-2-4-7-11)12-8-5-9-15-10-12/h2-4,6-7,10,14H,5,8-9H2,1H3. The molecule has 0 radical (unpaired) electrons. The van der Waals surface area contributed by atoms with Gasteiger partial charge in [0.15, 0.2) is 0 Å². The number of hydrogen-bond donors (Lipinski definition) is 1. The van der Waals surface area contributed by atoms with E-state index in [0.29, 0.717) is 0 Å². The molecule has 1 aromatic rings. The van der Waals surface area contributed by atoms with Gasteiger partial charge in [-0.2, -0.15) is 0 Å². The molecule has 0 saturated heterocycles. The van der Waals surface area contributed by atoms with E-state index in [-0.39, 0.29) is 0 Å². The number of aliphatic hydroxyl groups is 1. The average Bonchev–Trinajstić information content (AvgIpc) is 2.31. The maximum atomic E-state index is 10.5. The van der Waals surface area contributed by atoms with Crippen molar-refractivity contribution < 1.29 is 9.84 Å². The summed E-state index contributed by atoms with van der Waals surface area (Å²) in [5.74, 6) is 0. The van der Waals surface area contributed by atoms with Gasteiger partial charge < -0.3 is 9.84 Å². The predicted molar refractivity (Wildman–Crippen MR) is 59.3 cm³/mol. The molecule has 2 heteroatoms. The van der Waals surface area contributed by atoms with Crippen LogP contribution in [-0.4, -0.2) is 11.7 Å². The summed E-state index contributed by atoms with van der Waals surface area (Å²) < 4.78 is 5.27. The molecule has 0 saturated carbocycles. The molecule has 0 bridgehead atoms. The Labute approximate surface area is 90.2 Å². The van der Waals surface area contributed by atoms with Crippen LogP contribution in [0.3, 0.4) is 0 Å². The van der Waals surface area contributed by atoms with Crippen LogP contribution >= 0.6 is 0 Å². The van der Waals surface area contributed by atoms with E-state index in [4.69, 9.17) is 4.74 Å². The third-order valence-electron chi connectivity index (χ3n) is 2.90. The molecule has 0 amide bonds. The summed E-state index contributed by atoms with van der Waals surface area (Å²) in [6.45, 7) is 2.58. The quantitative estimate of drug-likeness (QED) is 0.802. The predicted octanol–water partition coefficient (Wildman–Crippen LogP) is 2.59. The molecular formula is C13H16O2. The molecule has 2 rings (SSSR count). The van der Waals surface area contributed by atoms with E-state index in [0.717, 1.165) is 30.6 Å². The Hall–Kier alpha value is -1.28. The normalized spacial score (nSPS) is 20.0. The van der Waals surface area contributed by atoms with E-state index >= 15 is 0 Å². The van der Waals surface area contributed by atoms with Crippen molar-refractivity contribution in [1.82, 2.24) is 0 Å². The van der Waals surface area contributed by atoms with Gasteiger partial charge in [0.2, 0.25) is 0 Å². The molecule has 1 N–H and O–H groups in total. The Kier molecular flexibility index (Phi) is 2.78. The lowest BCUT2D eigenvalue weighted by molar-refractivity contribution is 0.0786. The van der Waals surface area contributed by atoms with Crippen LogP contribution in [-0.2, 0) is 10.3 Å². The van der Waals surface area contributed by atoms with Crippen molar-refractivity contribution in [2.45, 2.75) is 25.4 Å². The minimum absolute atomic E-state index is 0.758. The van der Waals surface area contributed by atoms with Gasteiger partial charge >= 0.3 is 0 Å². The zero-order valence-electron chi connectivity index (χ0n) is 8.94. The minimum atomic E-state index is -0.901. The highest BCUT2D eigenvalue weighted by molar-refractivity contribution is 5.31. The van der Waals surface area contributed by atoms with Crippen molar-refractivity contribution in [2.24, 2.45) is 0 Å². The van der Waals surface area contributed by atoms with Crippen molar-refractivity contribution in [1.29, 1.82) is 0 Å². The summed E-state index contributed by atoms with van der Waals surface area (Å²) in [4.78, 5) is 0. The monoisotopic (exact) mass is 204 g/mol. The highest BCUT2D eigenvalue weighted by atomic mass is 16.5. The van der Waals surface area contributed by atoms with Crippen LogP contribution in [0.15, 0.2) is 42.2 Å². The number of ether oxygens (including phenoxy) is 1. The molecule has 0 aliphatic carbocycles. The molecule has 1 heterocycles. The molecule has 2 nitrogen and oxygen atoms in total. The van der Waals surface area contributed by atoms with Gasteiger partial charge in [0.05, 0.1) is 12.9 Å². The Morgan fingerprint density at radius 2 is 2.00 bits per heavy atom. The zero-order chi connectivity index (χ0) is 10.7. The summed E-state index contributed by atoms with van der Waals surface area (Å²) in [5.41, 5.74) is 0.975. The van der Waals surface area contributed by atoms with Gasteiger partial charge in [0, 0.05) is 0 Å². The lowest BCUT2D eigenvalue weighted by Crippen LogP contribution is -2.26. The molecule has 1 atom stereocenters. The second-order valence-electron chi connectivity index (χ2n) is 4.06. The first-order valence-electron chi connectivity index (χ1n) is 5.30. The lowest BCUT2D eigenvalue weighted by Gasteiger charge is -2.29. The molecule has 1 aromatic carbocycles. The summed E-state index contributed by atoms with van der Waals surface area (Å²) in [5, 5.41) is 10.5. The van der Waals surface area contributed by atoms with Crippen molar-refractivity contribution in [3.05, 3.63) is 47.7 Å². The van der Waals surface area contributed by atoms with Crippen LogP contribution in [0, 0.1) is 0 Å².